The van der Waals surface area contributed by atoms with Crippen molar-refractivity contribution in [2.45, 2.75) is 46.8 Å². The van der Waals surface area contributed by atoms with Crippen LogP contribution in [0.1, 0.15) is 43.0 Å². The fourth-order valence-corrected chi connectivity index (χ4v) is 5.02. The first-order chi connectivity index (χ1) is 19.7. The van der Waals surface area contributed by atoms with Crippen LogP contribution < -0.4 is 10.5 Å². The van der Waals surface area contributed by atoms with Gasteiger partial charge in [0.2, 0.25) is 0 Å². The van der Waals surface area contributed by atoms with E-state index < -0.39 is 5.97 Å². The second kappa shape index (κ2) is 13.2. The molecule has 2 aromatic carbocycles. The van der Waals surface area contributed by atoms with Gasteiger partial charge in [-0.2, -0.15) is 0 Å². The fraction of sp³-hybridized carbons (Fsp3) is 0.303. The molecule has 0 saturated carbocycles. The molecule has 1 aliphatic rings. The summed E-state index contributed by atoms with van der Waals surface area (Å²) in [7, 11) is 0. The third kappa shape index (κ3) is 7.14. The van der Waals surface area contributed by atoms with Crippen molar-refractivity contribution in [2.75, 3.05) is 18.0 Å². The standard InChI is InChI=1S/C33H37N5O3/c1-22-8-13-31-29(15-22)30(23(2)25(4)38(31)21-33(40)41)19-36-24(3)28(16-34)18-35-17-26-9-11-27(12-10-26)20-37-14-6-5-7-32(37)39/h5-16,18,25,28,34H,17,19-21H2,1-4H3,(H,40,41). The number of aromatic nitrogens is 1. The van der Waals surface area contributed by atoms with E-state index in [1.54, 1.807) is 29.1 Å². The lowest BCUT2D eigenvalue weighted by Gasteiger charge is -2.38. The van der Waals surface area contributed by atoms with Crippen LogP contribution in [0.15, 0.2) is 87.2 Å². The van der Waals surface area contributed by atoms with Gasteiger partial charge in [-0.15, -0.1) is 0 Å². The quantitative estimate of drug-likeness (QED) is 0.316. The molecule has 0 saturated heterocycles. The van der Waals surface area contributed by atoms with E-state index in [9.17, 15) is 14.7 Å². The number of carbonyl (C=O) groups is 1. The number of benzene rings is 2. The van der Waals surface area contributed by atoms with Crippen molar-refractivity contribution >= 4 is 35.4 Å². The number of carboxylic acid groups (broad SMARTS) is 1. The van der Waals surface area contributed by atoms with Gasteiger partial charge in [0.25, 0.3) is 5.56 Å². The minimum absolute atomic E-state index is 0.0279. The van der Waals surface area contributed by atoms with Gasteiger partial charge >= 0.3 is 5.97 Å². The number of pyridine rings is 1. The Kier molecular flexibility index (Phi) is 9.45. The summed E-state index contributed by atoms with van der Waals surface area (Å²) in [6.45, 7) is 9.40. The minimum Gasteiger partial charge on any atom is -0.480 e. The van der Waals surface area contributed by atoms with Crippen molar-refractivity contribution in [3.8, 4) is 0 Å². The highest BCUT2D eigenvalue weighted by Crippen LogP contribution is 2.38. The topological polar surface area (TPSA) is 111 Å². The number of carboxylic acids is 1. The first kappa shape index (κ1) is 29.4. The minimum atomic E-state index is -0.860. The number of hydrogen-bond acceptors (Lipinski definition) is 6. The van der Waals surface area contributed by atoms with E-state index in [1.807, 2.05) is 75.1 Å². The SMILES string of the molecule is CC(=NCC1=C(C)C(C)N(CC(=O)O)c2ccc(C)cc21)C(C=N)C=NCc1ccc(Cn2ccccc2=O)cc1. The van der Waals surface area contributed by atoms with E-state index in [1.165, 1.54) is 6.21 Å². The predicted molar refractivity (Wildman–Crippen MR) is 167 cm³/mol. The molecule has 8 heteroatoms. The van der Waals surface area contributed by atoms with Crippen LogP contribution in [-0.4, -0.2) is 52.9 Å². The van der Waals surface area contributed by atoms with Gasteiger partial charge in [0.05, 0.1) is 25.6 Å². The number of aliphatic carboxylic acids is 1. The van der Waals surface area contributed by atoms with Crippen molar-refractivity contribution in [1.82, 2.24) is 4.57 Å². The van der Waals surface area contributed by atoms with Gasteiger partial charge in [-0.05, 0) is 68.2 Å². The number of anilines is 1. The maximum absolute atomic E-state index is 12.0. The van der Waals surface area contributed by atoms with Crippen molar-refractivity contribution in [3.05, 3.63) is 105 Å². The highest BCUT2D eigenvalue weighted by Gasteiger charge is 2.29. The third-order valence-corrected chi connectivity index (χ3v) is 7.63. The largest absolute Gasteiger partial charge is 0.480 e. The van der Waals surface area contributed by atoms with Crippen LogP contribution in [0.2, 0.25) is 0 Å². The predicted octanol–water partition coefficient (Wildman–Crippen LogP) is 5.27. The van der Waals surface area contributed by atoms with E-state index in [4.69, 9.17) is 10.4 Å². The van der Waals surface area contributed by atoms with Gasteiger partial charge < -0.3 is 20.0 Å². The maximum Gasteiger partial charge on any atom is 0.323 e. The van der Waals surface area contributed by atoms with Gasteiger partial charge in [-0.25, -0.2) is 0 Å². The summed E-state index contributed by atoms with van der Waals surface area (Å²) < 4.78 is 1.67. The van der Waals surface area contributed by atoms with Crippen LogP contribution in [0.25, 0.3) is 5.57 Å². The number of hydrogen-bond donors (Lipinski definition) is 2. The second-order valence-corrected chi connectivity index (χ2v) is 10.5. The molecule has 4 rings (SSSR count). The molecular weight excluding hydrogens is 514 g/mol. The van der Waals surface area contributed by atoms with Crippen LogP contribution in [0.3, 0.4) is 0 Å². The molecule has 1 aliphatic heterocycles. The maximum atomic E-state index is 12.0. The zero-order valence-corrected chi connectivity index (χ0v) is 24.0. The molecule has 3 aromatic rings. The molecule has 212 valence electrons. The molecule has 1 aromatic heterocycles. The molecule has 8 nitrogen and oxygen atoms in total. The Morgan fingerprint density at radius 2 is 1.80 bits per heavy atom. The summed E-state index contributed by atoms with van der Waals surface area (Å²) in [6, 6.07) is 19.2. The van der Waals surface area contributed by atoms with Crippen LogP contribution in [0.5, 0.6) is 0 Å². The number of aryl methyl sites for hydroxylation is 1. The molecule has 2 atom stereocenters. The molecule has 0 bridgehead atoms. The number of rotatable bonds is 11. The molecule has 2 N–H and O–H groups in total. The summed E-state index contributed by atoms with van der Waals surface area (Å²) in [5.74, 6) is -1.18. The lowest BCUT2D eigenvalue weighted by molar-refractivity contribution is -0.135. The van der Waals surface area contributed by atoms with E-state index in [0.29, 0.717) is 19.6 Å². The Labute approximate surface area is 240 Å². The van der Waals surface area contributed by atoms with Gasteiger partial charge in [0.15, 0.2) is 0 Å². The Balaban J connectivity index is 1.44. The molecule has 0 fully saturated rings. The number of nitrogens with one attached hydrogen (secondary N) is 1. The van der Waals surface area contributed by atoms with Gasteiger partial charge in [0, 0.05) is 47.7 Å². The lowest BCUT2D eigenvalue weighted by Crippen LogP contribution is -2.41. The third-order valence-electron chi connectivity index (χ3n) is 7.63. The summed E-state index contributed by atoms with van der Waals surface area (Å²) >= 11 is 0. The van der Waals surface area contributed by atoms with Crippen molar-refractivity contribution in [3.63, 3.8) is 0 Å². The van der Waals surface area contributed by atoms with E-state index >= 15 is 0 Å². The van der Waals surface area contributed by atoms with Crippen molar-refractivity contribution in [1.29, 1.82) is 5.41 Å². The average molecular weight is 552 g/mol. The monoisotopic (exact) mass is 551 g/mol. The molecule has 0 radical (unpaired) electrons. The van der Waals surface area contributed by atoms with Crippen molar-refractivity contribution < 1.29 is 9.90 Å². The van der Waals surface area contributed by atoms with Gasteiger partial charge in [-0.3, -0.25) is 19.6 Å². The Hall–Kier alpha value is -4.59. The first-order valence-corrected chi connectivity index (χ1v) is 13.7. The smallest absolute Gasteiger partial charge is 0.323 e. The first-order valence-electron chi connectivity index (χ1n) is 13.7. The molecule has 2 heterocycles. The van der Waals surface area contributed by atoms with E-state index in [-0.39, 0.29) is 24.1 Å². The number of nitrogens with zero attached hydrogens (tertiary/aromatic N) is 4. The van der Waals surface area contributed by atoms with Crippen molar-refractivity contribution in [2.24, 2.45) is 15.9 Å². The molecular formula is C33H37N5O3. The molecule has 0 aliphatic carbocycles. The summed E-state index contributed by atoms with van der Waals surface area (Å²) in [5.41, 5.74) is 8.06. The van der Waals surface area contributed by atoms with Crippen LogP contribution >= 0.6 is 0 Å². The van der Waals surface area contributed by atoms with Gasteiger partial charge in [0.1, 0.15) is 6.54 Å². The fourth-order valence-electron chi connectivity index (χ4n) is 5.02. The molecule has 2 unspecified atom stereocenters. The summed E-state index contributed by atoms with van der Waals surface area (Å²) in [6.07, 6.45) is 4.89. The molecule has 41 heavy (non-hydrogen) atoms. The zero-order valence-electron chi connectivity index (χ0n) is 24.0. The number of fused-ring (bicyclic) bond motifs is 1. The Morgan fingerprint density at radius 1 is 1.07 bits per heavy atom. The highest BCUT2D eigenvalue weighted by atomic mass is 16.4. The average Bonchev–Trinajstić information content (AvgIpc) is 2.95. The number of aliphatic imine (C=N–C) groups is 2. The summed E-state index contributed by atoms with van der Waals surface area (Å²) in [4.78, 5) is 34.9. The normalized spacial score (nSPS) is 16.1. The zero-order chi connectivity index (χ0) is 29.5. The second-order valence-electron chi connectivity index (χ2n) is 10.5. The lowest BCUT2D eigenvalue weighted by atomic mass is 9.88. The van der Waals surface area contributed by atoms with Crippen LogP contribution in [-0.2, 0) is 17.9 Å². The van der Waals surface area contributed by atoms with E-state index in [0.717, 1.165) is 44.8 Å². The molecule has 0 amide bonds. The molecule has 0 spiro atoms. The van der Waals surface area contributed by atoms with Crippen LogP contribution in [0, 0.1) is 18.3 Å². The van der Waals surface area contributed by atoms with Gasteiger partial charge in [-0.1, -0.05) is 42.0 Å². The van der Waals surface area contributed by atoms with E-state index in [2.05, 4.69) is 11.1 Å². The Morgan fingerprint density at radius 3 is 2.49 bits per heavy atom. The summed E-state index contributed by atoms with van der Waals surface area (Å²) in [5, 5.41) is 17.4. The Bertz CT molecular complexity index is 1570. The van der Waals surface area contributed by atoms with Crippen LogP contribution in [0.4, 0.5) is 5.69 Å². The highest BCUT2D eigenvalue weighted by molar-refractivity contribution is 6.09.